The van der Waals surface area contributed by atoms with Crippen molar-refractivity contribution in [2.24, 2.45) is 0 Å². The highest BCUT2D eigenvalue weighted by Gasteiger charge is 2.10. The summed E-state index contributed by atoms with van der Waals surface area (Å²) in [6, 6.07) is 11.9. The van der Waals surface area contributed by atoms with Gasteiger partial charge in [-0.2, -0.15) is 0 Å². The molecule has 3 aromatic heterocycles. The number of hydrogen-bond acceptors (Lipinski definition) is 5. The van der Waals surface area contributed by atoms with Gasteiger partial charge in [-0.25, -0.2) is 9.97 Å². The predicted octanol–water partition coefficient (Wildman–Crippen LogP) is 1.89. The van der Waals surface area contributed by atoms with Gasteiger partial charge in [-0.3, -0.25) is 9.48 Å². The second-order valence-corrected chi connectivity index (χ2v) is 6.20. The first-order valence-electron chi connectivity index (χ1n) is 8.77. The fourth-order valence-corrected chi connectivity index (χ4v) is 2.87. The fraction of sp³-hybridized carbons (Fsp3) is 0.211. The number of benzene rings is 1. The lowest BCUT2D eigenvalue weighted by Gasteiger charge is -2.06. The topological polar surface area (TPSA) is 90.5 Å². The third-order valence-electron chi connectivity index (χ3n) is 4.23. The number of pyridine rings is 1. The Kier molecular flexibility index (Phi) is 4.86. The van der Waals surface area contributed by atoms with Crippen LogP contribution in [0, 0.1) is 0 Å². The van der Waals surface area contributed by atoms with E-state index < -0.39 is 0 Å². The van der Waals surface area contributed by atoms with Crippen molar-refractivity contribution in [2.45, 2.75) is 19.5 Å². The predicted molar refractivity (Wildman–Crippen MR) is 100 cm³/mol. The Morgan fingerprint density at radius 2 is 2.04 bits per heavy atom. The molecule has 0 fully saturated rings. The maximum Gasteiger partial charge on any atom is 0.252 e. The van der Waals surface area contributed by atoms with E-state index in [-0.39, 0.29) is 5.91 Å². The molecular weight excluding hydrogens is 342 g/mol. The molecule has 0 saturated heterocycles. The molecule has 0 bridgehead atoms. The van der Waals surface area contributed by atoms with E-state index in [4.69, 9.17) is 0 Å². The maximum atomic E-state index is 12.3. The maximum absolute atomic E-state index is 12.3. The summed E-state index contributed by atoms with van der Waals surface area (Å²) in [6.07, 6.45) is 7.56. The summed E-state index contributed by atoms with van der Waals surface area (Å²) in [6.45, 7) is 1.96. The number of aryl methyl sites for hydroxylation is 1. The monoisotopic (exact) mass is 361 g/mol. The second kappa shape index (κ2) is 7.77. The lowest BCUT2D eigenvalue weighted by Crippen LogP contribution is -2.25. The number of nitrogens with one attached hydrogen (secondary N) is 1. The molecule has 0 spiro atoms. The average molecular weight is 361 g/mol. The van der Waals surface area contributed by atoms with Crippen LogP contribution < -0.4 is 5.32 Å². The summed E-state index contributed by atoms with van der Waals surface area (Å²) in [7, 11) is 0. The van der Waals surface area contributed by atoms with Crippen molar-refractivity contribution in [3.05, 3.63) is 72.4 Å². The van der Waals surface area contributed by atoms with Crippen molar-refractivity contribution in [1.82, 2.24) is 34.8 Å². The van der Waals surface area contributed by atoms with Gasteiger partial charge < -0.3 is 9.88 Å². The van der Waals surface area contributed by atoms with Gasteiger partial charge in [-0.15, -0.1) is 5.10 Å². The molecule has 0 aliphatic heterocycles. The molecular formula is C19H19N7O. The summed E-state index contributed by atoms with van der Waals surface area (Å²) in [5.41, 5.74) is 3.16. The highest BCUT2D eigenvalue weighted by Crippen LogP contribution is 2.14. The SMILES string of the molecule is O=C(NCCCn1ccnn1)c1cnc2c(c1)ncn2Cc1ccccc1. The number of nitrogens with zero attached hydrogens (tertiary/aromatic N) is 6. The third-order valence-corrected chi connectivity index (χ3v) is 4.23. The zero-order chi connectivity index (χ0) is 18.5. The van der Waals surface area contributed by atoms with Gasteiger partial charge in [-0.05, 0) is 18.1 Å². The molecule has 8 nitrogen and oxygen atoms in total. The first kappa shape index (κ1) is 16.9. The van der Waals surface area contributed by atoms with Crippen molar-refractivity contribution in [3.63, 3.8) is 0 Å². The highest BCUT2D eigenvalue weighted by molar-refractivity contribution is 5.96. The first-order valence-corrected chi connectivity index (χ1v) is 8.77. The molecule has 0 unspecified atom stereocenters. The average Bonchev–Trinajstić information content (AvgIpc) is 3.36. The van der Waals surface area contributed by atoms with E-state index in [0.717, 1.165) is 12.1 Å². The van der Waals surface area contributed by atoms with Crippen LogP contribution in [0.5, 0.6) is 0 Å². The molecule has 1 N–H and O–H groups in total. The second-order valence-electron chi connectivity index (χ2n) is 6.20. The summed E-state index contributed by atoms with van der Waals surface area (Å²) < 4.78 is 3.71. The van der Waals surface area contributed by atoms with E-state index in [9.17, 15) is 4.79 Å². The Morgan fingerprint density at radius 1 is 1.15 bits per heavy atom. The smallest absolute Gasteiger partial charge is 0.252 e. The minimum absolute atomic E-state index is 0.152. The Morgan fingerprint density at radius 3 is 2.85 bits per heavy atom. The first-order chi connectivity index (χ1) is 13.3. The zero-order valence-corrected chi connectivity index (χ0v) is 14.7. The largest absolute Gasteiger partial charge is 0.352 e. The standard InChI is InChI=1S/C19H19N7O/c27-19(20-7-4-9-26-10-8-23-24-26)16-11-17-18(21-12-16)25(14-22-17)13-15-5-2-1-3-6-15/h1-3,5-6,8,10-12,14H,4,7,9,13H2,(H,20,27). The molecule has 1 amide bonds. The van der Waals surface area contributed by atoms with Gasteiger partial charge in [0.2, 0.25) is 0 Å². The highest BCUT2D eigenvalue weighted by atomic mass is 16.1. The van der Waals surface area contributed by atoms with Gasteiger partial charge in [-0.1, -0.05) is 35.5 Å². The molecule has 0 aliphatic rings. The molecule has 0 atom stereocenters. The van der Waals surface area contributed by atoms with Crippen LogP contribution in [0.3, 0.4) is 0 Å². The summed E-state index contributed by atoms with van der Waals surface area (Å²) >= 11 is 0. The molecule has 136 valence electrons. The molecule has 0 aliphatic carbocycles. The van der Waals surface area contributed by atoms with E-state index in [1.165, 1.54) is 5.56 Å². The van der Waals surface area contributed by atoms with Crippen molar-refractivity contribution in [3.8, 4) is 0 Å². The fourth-order valence-electron chi connectivity index (χ4n) is 2.87. The van der Waals surface area contributed by atoms with E-state index in [0.29, 0.717) is 30.7 Å². The van der Waals surface area contributed by atoms with Crippen LogP contribution in [-0.4, -0.2) is 42.0 Å². The van der Waals surface area contributed by atoms with E-state index >= 15 is 0 Å². The van der Waals surface area contributed by atoms with E-state index in [1.54, 1.807) is 35.7 Å². The number of hydrogen-bond donors (Lipinski definition) is 1. The molecule has 4 rings (SSSR count). The van der Waals surface area contributed by atoms with Crippen LogP contribution in [0.25, 0.3) is 11.2 Å². The number of fused-ring (bicyclic) bond motifs is 1. The van der Waals surface area contributed by atoms with Crippen molar-refractivity contribution < 1.29 is 4.79 Å². The Labute approximate surface area is 155 Å². The minimum Gasteiger partial charge on any atom is -0.352 e. The number of aromatic nitrogens is 6. The van der Waals surface area contributed by atoms with Crippen molar-refractivity contribution >= 4 is 17.1 Å². The molecule has 0 radical (unpaired) electrons. The Hall–Kier alpha value is -3.55. The summed E-state index contributed by atoms with van der Waals surface area (Å²) in [5.74, 6) is -0.152. The Balaban J connectivity index is 1.38. The van der Waals surface area contributed by atoms with Gasteiger partial charge >= 0.3 is 0 Å². The molecule has 8 heteroatoms. The van der Waals surface area contributed by atoms with Gasteiger partial charge in [0, 0.05) is 25.5 Å². The zero-order valence-electron chi connectivity index (χ0n) is 14.7. The lowest BCUT2D eigenvalue weighted by molar-refractivity contribution is 0.0952. The van der Waals surface area contributed by atoms with Crippen LogP contribution in [0.2, 0.25) is 0 Å². The van der Waals surface area contributed by atoms with Crippen molar-refractivity contribution in [2.75, 3.05) is 6.54 Å². The Bertz CT molecular complexity index is 1020. The number of carbonyl (C=O) groups excluding carboxylic acids is 1. The van der Waals surface area contributed by atoms with Crippen LogP contribution >= 0.6 is 0 Å². The van der Waals surface area contributed by atoms with E-state index in [1.807, 2.05) is 22.8 Å². The molecule has 3 heterocycles. The van der Waals surface area contributed by atoms with Gasteiger partial charge in [0.1, 0.15) is 5.52 Å². The normalized spacial score (nSPS) is 11.0. The molecule has 0 saturated carbocycles. The summed E-state index contributed by atoms with van der Waals surface area (Å²) in [4.78, 5) is 21.2. The quantitative estimate of drug-likeness (QED) is 0.508. The van der Waals surface area contributed by atoms with Crippen LogP contribution in [0.1, 0.15) is 22.3 Å². The van der Waals surface area contributed by atoms with Crippen LogP contribution in [0.15, 0.2) is 61.3 Å². The third kappa shape index (κ3) is 4.00. The number of amides is 1. The molecule has 1 aromatic carbocycles. The summed E-state index contributed by atoms with van der Waals surface area (Å²) in [5, 5.41) is 10.5. The number of imidazole rings is 1. The van der Waals surface area contributed by atoms with Crippen molar-refractivity contribution in [1.29, 1.82) is 0 Å². The molecule has 4 aromatic rings. The van der Waals surface area contributed by atoms with Gasteiger partial charge in [0.25, 0.3) is 5.91 Å². The van der Waals surface area contributed by atoms with Crippen LogP contribution in [-0.2, 0) is 13.1 Å². The number of rotatable bonds is 7. The van der Waals surface area contributed by atoms with Gasteiger partial charge in [0.15, 0.2) is 5.65 Å². The van der Waals surface area contributed by atoms with Gasteiger partial charge in [0.05, 0.1) is 24.6 Å². The lowest BCUT2D eigenvalue weighted by atomic mass is 10.2. The molecule has 27 heavy (non-hydrogen) atoms. The van der Waals surface area contributed by atoms with Crippen LogP contribution in [0.4, 0.5) is 0 Å². The van der Waals surface area contributed by atoms with E-state index in [2.05, 4.69) is 37.7 Å². The number of carbonyl (C=O) groups is 1. The minimum atomic E-state index is -0.152.